The van der Waals surface area contributed by atoms with Gasteiger partial charge in [-0.15, -0.1) is 0 Å². The lowest BCUT2D eigenvalue weighted by atomic mass is 10.1. The normalized spacial score (nSPS) is 10.3. The van der Waals surface area contributed by atoms with Crippen molar-refractivity contribution in [2.45, 2.75) is 13.3 Å². The summed E-state index contributed by atoms with van der Waals surface area (Å²) in [6, 6.07) is 3.98. The molecule has 0 radical (unpaired) electrons. The Morgan fingerprint density at radius 2 is 2.07 bits per heavy atom. The smallest absolute Gasteiger partial charge is 0.124 e. The lowest BCUT2D eigenvalue weighted by Crippen LogP contribution is -1.90. The van der Waals surface area contributed by atoms with Crippen LogP contribution in [0.2, 0.25) is 0 Å². The van der Waals surface area contributed by atoms with Crippen LogP contribution in [0.4, 0.5) is 0 Å². The van der Waals surface area contributed by atoms with Crippen LogP contribution in [0.15, 0.2) is 35.3 Å². The molecule has 76 valence electrons. The second-order valence-corrected chi connectivity index (χ2v) is 3.93. The van der Waals surface area contributed by atoms with Crippen LogP contribution >= 0.6 is 15.9 Å². The lowest BCUT2D eigenvalue weighted by molar-refractivity contribution is 1.03. The van der Waals surface area contributed by atoms with E-state index >= 15 is 0 Å². The van der Waals surface area contributed by atoms with E-state index < -0.39 is 0 Å². The Morgan fingerprint density at radius 3 is 2.73 bits per heavy atom. The third-order valence-electron chi connectivity index (χ3n) is 2.09. The van der Waals surface area contributed by atoms with E-state index in [1.54, 1.807) is 18.6 Å². The molecule has 0 spiro atoms. The van der Waals surface area contributed by atoms with Crippen LogP contribution in [0.3, 0.4) is 0 Å². The zero-order valence-corrected chi connectivity index (χ0v) is 9.90. The summed E-state index contributed by atoms with van der Waals surface area (Å²) >= 11 is 3.26. The fourth-order valence-corrected chi connectivity index (χ4v) is 1.50. The van der Waals surface area contributed by atoms with Crippen molar-refractivity contribution in [2.24, 2.45) is 0 Å². The monoisotopic (exact) mass is 263 g/mol. The van der Waals surface area contributed by atoms with E-state index in [2.05, 4.69) is 37.8 Å². The van der Waals surface area contributed by atoms with Crippen LogP contribution < -0.4 is 0 Å². The number of rotatable bonds is 2. The summed E-state index contributed by atoms with van der Waals surface area (Å²) in [6.45, 7) is 2.08. The highest BCUT2D eigenvalue weighted by molar-refractivity contribution is 9.10. The average Bonchev–Trinajstić information content (AvgIpc) is 2.30. The third kappa shape index (κ3) is 2.39. The first kappa shape index (κ1) is 10.2. The molecule has 2 aromatic rings. The van der Waals surface area contributed by atoms with Gasteiger partial charge in [-0.25, -0.2) is 4.98 Å². The fourth-order valence-electron chi connectivity index (χ4n) is 1.29. The summed E-state index contributed by atoms with van der Waals surface area (Å²) in [4.78, 5) is 12.7. The highest BCUT2D eigenvalue weighted by Gasteiger charge is 2.01. The maximum absolute atomic E-state index is 4.29. The summed E-state index contributed by atoms with van der Waals surface area (Å²) in [7, 11) is 0. The highest BCUT2D eigenvalue weighted by Crippen LogP contribution is 2.17. The Balaban J connectivity index is 2.40. The van der Waals surface area contributed by atoms with E-state index in [0.717, 1.165) is 28.0 Å². The van der Waals surface area contributed by atoms with Gasteiger partial charge in [0.2, 0.25) is 0 Å². The number of pyridine rings is 1. The van der Waals surface area contributed by atoms with Crippen LogP contribution in [0.1, 0.15) is 12.6 Å². The van der Waals surface area contributed by atoms with Crippen LogP contribution in [0.5, 0.6) is 0 Å². The maximum atomic E-state index is 4.29. The zero-order chi connectivity index (χ0) is 10.7. The van der Waals surface area contributed by atoms with Gasteiger partial charge < -0.3 is 0 Å². The SMILES string of the molecule is CCc1cc(-c2cnc(Br)cn2)ccn1. The number of aromatic nitrogens is 3. The van der Waals surface area contributed by atoms with Crippen LogP contribution in [0, 0.1) is 0 Å². The van der Waals surface area contributed by atoms with Crippen LogP contribution in [-0.2, 0) is 6.42 Å². The molecule has 0 amide bonds. The van der Waals surface area contributed by atoms with Gasteiger partial charge in [0.15, 0.2) is 0 Å². The van der Waals surface area contributed by atoms with Crippen molar-refractivity contribution in [3.05, 3.63) is 41.0 Å². The van der Waals surface area contributed by atoms with E-state index in [1.807, 2.05) is 12.1 Å². The predicted octanol–water partition coefficient (Wildman–Crippen LogP) is 2.86. The summed E-state index contributed by atoms with van der Waals surface area (Å²) in [5.74, 6) is 0. The average molecular weight is 264 g/mol. The number of halogens is 1. The minimum absolute atomic E-state index is 0.746. The molecule has 0 aliphatic carbocycles. The summed E-state index contributed by atoms with van der Waals surface area (Å²) < 4.78 is 0.746. The molecular formula is C11H10BrN3. The minimum atomic E-state index is 0.746. The van der Waals surface area contributed by atoms with Gasteiger partial charge >= 0.3 is 0 Å². The number of hydrogen-bond donors (Lipinski definition) is 0. The first-order chi connectivity index (χ1) is 7.29. The van der Waals surface area contributed by atoms with E-state index in [1.165, 1.54) is 0 Å². The Morgan fingerprint density at radius 1 is 1.20 bits per heavy atom. The molecular weight excluding hydrogens is 254 g/mol. The molecule has 0 saturated carbocycles. The molecule has 15 heavy (non-hydrogen) atoms. The topological polar surface area (TPSA) is 38.7 Å². The largest absolute Gasteiger partial charge is 0.261 e. The fraction of sp³-hybridized carbons (Fsp3) is 0.182. The molecule has 0 fully saturated rings. The molecule has 4 heteroatoms. The molecule has 0 N–H and O–H groups in total. The van der Waals surface area contributed by atoms with Crippen molar-refractivity contribution >= 4 is 15.9 Å². The van der Waals surface area contributed by atoms with Gasteiger partial charge in [0.25, 0.3) is 0 Å². The highest BCUT2D eigenvalue weighted by atomic mass is 79.9. The van der Waals surface area contributed by atoms with Crippen molar-refractivity contribution in [2.75, 3.05) is 0 Å². The van der Waals surface area contributed by atoms with Crippen molar-refractivity contribution in [3.63, 3.8) is 0 Å². The zero-order valence-electron chi connectivity index (χ0n) is 8.31. The second kappa shape index (κ2) is 4.49. The number of nitrogens with zero attached hydrogens (tertiary/aromatic N) is 3. The van der Waals surface area contributed by atoms with Crippen molar-refractivity contribution in [1.29, 1.82) is 0 Å². The van der Waals surface area contributed by atoms with Gasteiger partial charge in [0, 0.05) is 17.5 Å². The quantitative estimate of drug-likeness (QED) is 0.837. The summed E-state index contributed by atoms with van der Waals surface area (Å²) in [5.41, 5.74) is 2.99. The van der Waals surface area contributed by atoms with Gasteiger partial charge in [-0.1, -0.05) is 6.92 Å². The van der Waals surface area contributed by atoms with Crippen LogP contribution in [-0.4, -0.2) is 15.0 Å². The van der Waals surface area contributed by atoms with Gasteiger partial charge in [-0.2, -0.15) is 0 Å². The standard InChI is InChI=1S/C11H10BrN3/c1-2-9-5-8(3-4-13-9)10-6-15-11(12)7-14-10/h3-7H,2H2,1H3. The van der Waals surface area contributed by atoms with Gasteiger partial charge in [0.05, 0.1) is 18.1 Å². The Hall–Kier alpha value is -1.29. The molecule has 2 aromatic heterocycles. The van der Waals surface area contributed by atoms with E-state index in [9.17, 15) is 0 Å². The Bertz CT molecular complexity index is 454. The number of aryl methyl sites for hydroxylation is 1. The molecule has 0 bridgehead atoms. The van der Waals surface area contributed by atoms with E-state index in [0.29, 0.717) is 0 Å². The number of hydrogen-bond acceptors (Lipinski definition) is 3. The lowest BCUT2D eigenvalue weighted by Gasteiger charge is -2.01. The molecule has 0 aliphatic rings. The first-order valence-electron chi connectivity index (χ1n) is 4.72. The third-order valence-corrected chi connectivity index (χ3v) is 2.50. The van der Waals surface area contributed by atoms with Crippen LogP contribution in [0.25, 0.3) is 11.3 Å². The summed E-state index contributed by atoms with van der Waals surface area (Å²) in [6.07, 6.45) is 6.18. The first-order valence-corrected chi connectivity index (χ1v) is 5.51. The molecule has 0 aromatic carbocycles. The molecule has 0 saturated heterocycles. The molecule has 2 heterocycles. The van der Waals surface area contributed by atoms with Crippen molar-refractivity contribution in [3.8, 4) is 11.3 Å². The molecule has 3 nitrogen and oxygen atoms in total. The van der Waals surface area contributed by atoms with Gasteiger partial charge in [0.1, 0.15) is 4.60 Å². The van der Waals surface area contributed by atoms with Gasteiger partial charge in [-0.3, -0.25) is 9.97 Å². The predicted molar refractivity (Wildman–Crippen MR) is 62.3 cm³/mol. The molecule has 0 unspecified atom stereocenters. The van der Waals surface area contributed by atoms with Crippen molar-refractivity contribution < 1.29 is 0 Å². The van der Waals surface area contributed by atoms with E-state index in [-0.39, 0.29) is 0 Å². The Kier molecular flexibility index (Phi) is 3.06. The molecule has 2 rings (SSSR count). The summed E-state index contributed by atoms with van der Waals surface area (Å²) in [5, 5.41) is 0. The second-order valence-electron chi connectivity index (χ2n) is 3.11. The maximum Gasteiger partial charge on any atom is 0.124 e. The van der Waals surface area contributed by atoms with E-state index in [4.69, 9.17) is 0 Å². The molecule has 0 aliphatic heterocycles. The molecule has 0 atom stereocenters. The Labute approximate surface area is 96.7 Å². The van der Waals surface area contributed by atoms with Gasteiger partial charge in [-0.05, 0) is 34.5 Å². The minimum Gasteiger partial charge on any atom is -0.261 e. The van der Waals surface area contributed by atoms with Crippen molar-refractivity contribution in [1.82, 2.24) is 15.0 Å².